The average Bonchev–Trinajstić information content (AvgIpc) is 3.25. The predicted molar refractivity (Wildman–Crippen MR) is 129 cm³/mol. The molecule has 0 atom stereocenters. The number of amides is 1. The number of halogens is 3. The summed E-state index contributed by atoms with van der Waals surface area (Å²) in [6.45, 7) is 0.594. The molecule has 0 bridgehead atoms. The first-order valence-electron chi connectivity index (χ1n) is 11.0. The molecule has 0 aliphatic heterocycles. The van der Waals surface area contributed by atoms with E-state index in [0.717, 1.165) is 53.0 Å². The summed E-state index contributed by atoms with van der Waals surface area (Å²) in [4.78, 5) is 24.0. The summed E-state index contributed by atoms with van der Waals surface area (Å²) in [5.74, 6) is -0.148. The maximum Gasteiger partial charge on any atom is 0.416 e. The highest BCUT2D eigenvalue weighted by Gasteiger charge is 2.30. The molecule has 0 saturated carbocycles. The molecule has 1 amide bonds. The lowest BCUT2D eigenvalue weighted by Crippen LogP contribution is -2.23. The monoisotopic (exact) mass is 486 g/mol. The number of nitrogens with zero attached hydrogens (tertiary/aromatic N) is 3. The first kappa shape index (κ1) is 23.9. The second-order valence-corrected chi connectivity index (χ2v) is 9.36. The summed E-state index contributed by atoms with van der Waals surface area (Å²) in [6, 6.07) is 7.23. The number of carbonyl (C=O) groups is 1. The van der Waals surface area contributed by atoms with Crippen LogP contribution in [0.5, 0.6) is 0 Å². The number of hydrogen-bond donors (Lipinski definition) is 1. The van der Waals surface area contributed by atoms with Crippen LogP contribution in [0.15, 0.2) is 42.7 Å². The third kappa shape index (κ3) is 5.47. The molecule has 0 radical (unpaired) electrons. The fourth-order valence-corrected chi connectivity index (χ4v) is 4.84. The van der Waals surface area contributed by atoms with Crippen LogP contribution in [0.2, 0.25) is 0 Å². The Balaban J connectivity index is 1.45. The molecule has 2 heterocycles. The van der Waals surface area contributed by atoms with E-state index in [1.807, 2.05) is 12.3 Å². The van der Waals surface area contributed by atoms with Gasteiger partial charge in [-0.1, -0.05) is 23.5 Å². The van der Waals surface area contributed by atoms with Crippen LogP contribution in [-0.4, -0.2) is 41.4 Å². The quantitative estimate of drug-likeness (QED) is 0.430. The molecule has 0 spiro atoms. The van der Waals surface area contributed by atoms with Crippen molar-refractivity contribution in [3.8, 4) is 0 Å². The maximum atomic E-state index is 12.8. The maximum absolute atomic E-state index is 12.8. The van der Waals surface area contributed by atoms with Crippen molar-refractivity contribution >= 4 is 34.0 Å². The van der Waals surface area contributed by atoms with Crippen molar-refractivity contribution < 1.29 is 18.0 Å². The number of alkyl halides is 3. The Morgan fingerprint density at radius 2 is 1.91 bits per heavy atom. The molecule has 1 aliphatic carbocycles. The lowest BCUT2D eigenvalue weighted by molar-refractivity contribution is -0.137. The number of anilines is 1. The van der Waals surface area contributed by atoms with Crippen molar-refractivity contribution in [1.82, 2.24) is 14.9 Å². The third-order valence-electron chi connectivity index (χ3n) is 5.66. The summed E-state index contributed by atoms with van der Waals surface area (Å²) in [5.41, 5.74) is 4.03. The van der Waals surface area contributed by atoms with Gasteiger partial charge in [-0.15, -0.1) is 0 Å². The zero-order valence-corrected chi connectivity index (χ0v) is 19.8. The van der Waals surface area contributed by atoms with Gasteiger partial charge in [0.15, 0.2) is 5.13 Å². The summed E-state index contributed by atoms with van der Waals surface area (Å²) >= 11 is 1.46. The highest BCUT2D eigenvalue weighted by Crippen LogP contribution is 2.37. The van der Waals surface area contributed by atoms with Crippen molar-refractivity contribution in [3.05, 3.63) is 75.6 Å². The van der Waals surface area contributed by atoms with E-state index in [0.29, 0.717) is 23.8 Å². The Kier molecular flexibility index (Phi) is 7.02. The normalized spacial score (nSPS) is 13.3. The van der Waals surface area contributed by atoms with Gasteiger partial charge in [-0.3, -0.25) is 9.78 Å². The lowest BCUT2D eigenvalue weighted by atomic mass is 9.92. The van der Waals surface area contributed by atoms with Crippen molar-refractivity contribution in [2.24, 2.45) is 0 Å². The molecule has 178 valence electrons. The molecule has 2 aromatic heterocycles. The molecule has 1 aliphatic rings. The highest BCUT2D eigenvalue weighted by molar-refractivity contribution is 7.17. The molecular formula is C25H25F3N4OS. The number of thiazole rings is 1. The number of rotatable bonds is 7. The van der Waals surface area contributed by atoms with Gasteiger partial charge in [0.2, 0.25) is 0 Å². The van der Waals surface area contributed by atoms with Crippen LogP contribution >= 0.6 is 11.3 Å². The van der Waals surface area contributed by atoms with Gasteiger partial charge in [-0.2, -0.15) is 13.2 Å². The zero-order chi connectivity index (χ0) is 24.3. The second-order valence-electron chi connectivity index (χ2n) is 8.37. The topological polar surface area (TPSA) is 58.1 Å². The van der Waals surface area contributed by atoms with Crippen molar-refractivity contribution in [1.29, 1.82) is 0 Å². The SMILES string of the molecule is CN(C)C(=O)c1nc(NCCCc2ccc(C(F)(F)F)cc2)sc1C1=Cc2ccncc2CC1. The number of aryl methyl sites for hydroxylation is 2. The molecule has 9 heteroatoms. The number of carbonyl (C=O) groups excluding carboxylic acids is 1. The number of fused-ring (bicyclic) bond motifs is 1. The fraction of sp³-hybridized carbons (Fsp3) is 0.320. The molecule has 34 heavy (non-hydrogen) atoms. The third-order valence-corrected chi connectivity index (χ3v) is 6.75. The predicted octanol–water partition coefficient (Wildman–Crippen LogP) is 5.79. The highest BCUT2D eigenvalue weighted by atomic mass is 32.1. The Bertz CT molecular complexity index is 1200. The molecular weight excluding hydrogens is 461 g/mol. The first-order chi connectivity index (χ1) is 16.2. The number of allylic oxidation sites excluding steroid dienone is 1. The number of hydrogen-bond acceptors (Lipinski definition) is 5. The van der Waals surface area contributed by atoms with Crippen LogP contribution in [0.1, 0.15) is 50.5 Å². The van der Waals surface area contributed by atoms with Crippen molar-refractivity contribution in [3.63, 3.8) is 0 Å². The van der Waals surface area contributed by atoms with Crippen LogP contribution in [-0.2, 0) is 19.0 Å². The Morgan fingerprint density at radius 3 is 2.62 bits per heavy atom. The summed E-state index contributed by atoms with van der Waals surface area (Å²) in [6.07, 6.45) is 4.46. The number of nitrogens with one attached hydrogen (secondary N) is 1. The van der Waals surface area contributed by atoms with E-state index < -0.39 is 11.7 Å². The molecule has 5 nitrogen and oxygen atoms in total. The van der Waals surface area contributed by atoms with Gasteiger partial charge in [-0.25, -0.2) is 4.98 Å². The molecule has 0 fully saturated rings. The van der Waals surface area contributed by atoms with Gasteiger partial charge < -0.3 is 10.2 Å². The van der Waals surface area contributed by atoms with E-state index in [2.05, 4.69) is 21.4 Å². The minimum atomic E-state index is -4.32. The zero-order valence-electron chi connectivity index (χ0n) is 18.9. The summed E-state index contributed by atoms with van der Waals surface area (Å²) in [5, 5.41) is 3.94. The van der Waals surface area contributed by atoms with E-state index in [1.54, 1.807) is 20.3 Å². The molecule has 0 unspecified atom stereocenters. The summed E-state index contributed by atoms with van der Waals surface area (Å²) < 4.78 is 38.1. The van der Waals surface area contributed by atoms with Gasteiger partial charge in [0.25, 0.3) is 5.91 Å². The van der Waals surface area contributed by atoms with E-state index >= 15 is 0 Å². The second kappa shape index (κ2) is 9.97. The largest absolute Gasteiger partial charge is 0.416 e. The van der Waals surface area contributed by atoms with E-state index in [1.165, 1.54) is 33.9 Å². The van der Waals surface area contributed by atoms with Crippen molar-refractivity contribution in [2.45, 2.75) is 31.9 Å². The number of pyridine rings is 1. The fourth-order valence-electron chi connectivity index (χ4n) is 3.81. The molecule has 4 rings (SSSR count). The van der Waals surface area contributed by atoms with Gasteiger partial charge in [0.1, 0.15) is 5.69 Å². The minimum Gasteiger partial charge on any atom is -0.361 e. The van der Waals surface area contributed by atoms with Gasteiger partial charge in [0, 0.05) is 33.0 Å². The number of aromatic nitrogens is 2. The molecule has 3 aromatic rings. The molecule has 1 N–H and O–H groups in total. The van der Waals surface area contributed by atoms with Gasteiger partial charge >= 0.3 is 6.18 Å². The number of benzene rings is 1. The Morgan fingerprint density at radius 1 is 1.15 bits per heavy atom. The standard InChI is InChI=1S/C25H25F3N4OS/c1-32(2)23(33)21-22(18-7-8-19-15-29-13-11-17(19)14-18)34-24(31-21)30-12-3-4-16-5-9-20(10-6-16)25(26,27)28/h5-6,9-11,13-15H,3-4,7-8,12H2,1-2H3,(H,30,31). The van der Waals surface area contributed by atoms with Gasteiger partial charge in [0.05, 0.1) is 10.4 Å². The smallest absolute Gasteiger partial charge is 0.361 e. The average molecular weight is 487 g/mol. The van der Waals surface area contributed by atoms with E-state index in [4.69, 9.17) is 0 Å². The first-order valence-corrected chi connectivity index (χ1v) is 11.8. The lowest BCUT2D eigenvalue weighted by Gasteiger charge is -2.16. The summed E-state index contributed by atoms with van der Waals surface area (Å²) in [7, 11) is 3.41. The Hall–Kier alpha value is -3.20. The Labute approximate surface area is 200 Å². The minimum absolute atomic E-state index is 0.148. The van der Waals surface area contributed by atoms with Crippen LogP contribution in [0.4, 0.5) is 18.3 Å². The molecule has 1 aromatic carbocycles. The van der Waals surface area contributed by atoms with Crippen LogP contribution in [0.3, 0.4) is 0 Å². The van der Waals surface area contributed by atoms with Crippen LogP contribution in [0, 0.1) is 0 Å². The van der Waals surface area contributed by atoms with Crippen molar-refractivity contribution in [2.75, 3.05) is 26.0 Å². The van der Waals surface area contributed by atoms with Crippen LogP contribution < -0.4 is 5.32 Å². The van der Waals surface area contributed by atoms with E-state index in [-0.39, 0.29) is 5.91 Å². The van der Waals surface area contributed by atoms with Crippen LogP contribution in [0.25, 0.3) is 11.6 Å². The van der Waals surface area contributed by atoms with Gasteiger partial charge in [-0.05, 0) is 72.2 Å². The van der Waals surface area contributed by atoms with E-state index in [9.17, 15) is 18.0 Å². The molecule has 0 saturated heterocycles.